The molecule has 7 nitrogen and oxygen atoms in total. The van der Waals surface area contributed by atoms with Crippen molar-refractivity contribution in [3.63, 3.8) is 0 Å². The molecule has 2 aromatic carbocycles. The molecule has 0 atom stereocenters. The molecule has 3 heterocycles. The first-order valence-corrected chi connectivity index (χ1v) is 12.5. The maximum atomic E-state index is 13.9. The van der Waals surface area contributed by atoms with Crippen LogP contribution in [0.25, 0.3) is 22.2 Å². The van der Waals surface area contributed by atoms with Crippen molar-refractivity contribution in [3.05, 3.63) is 83.8 Å². The highest BCUT2D eigenvalue weighted by Crippen LogP contribution is 2.25. The summed E-state index contributed by atoms with van der Waals surface area (Å²) in [7, 11) is 2.01. The van der Waals surface area contributed by atoms with E-state index in [0.29, 0.717) is 35.6 Å². The van der Waals surface area contributed by atoms with E-state index in [-0.39, 0.29) is 5.56 Å². The van der Waals surface area contributed by atoms with Gasteiger partial charge in [0.25, 0.3) is 0 Å². The molecule has 0 radical (unpaired) electrons. The van der Waals surface area contributed by atoms with Crippen LogP contribution in [-0.2, 0) is 6.54 Å². The van der Waals surface area contributed by atoms with Crippen molar-refractivity contribution < 1.29 is 9.18 Å². The Labute approximate surface area is 216 Å². The minimum absolute atomic E-state index is 0.0170. The third-order valence-corrected chi connectivity index (χ3v) is 6.35. The van der Waals surface area contributed by atoms with Crippen LogP contribution in [0, 0.1) is 5.82 Å². The molecule has 8 heteroatoms. The number of aldehydes is 1. The third-order valence-electron chi connectivity index (χ3n) is 6.35. The highest BCUT2D eigenvalue weighted by molar-refractivity contribution is 5.79. The highest BCUT2D eigenvalue weighted by Gasteiger charge is 2.10. The van der Waals surface area contributed by atoms with Crippen LogP contribution in [-0.4, -0.2) is 54.4 Å². The highest BCUT2D eigenvalue weighted by atomic mass is 19.1. The van der Waals surface area contributed by atoms with Gasteiger partial charge in [-0.1, -0.05) is 18.2 Å². The lowest BCUT2D eigenvalue weighted by atomic mass is 10.1. The number of hydrogen-bond acceptors (Lipinski definition) is 7. The lowest BCUT2D eigenvalue weighted by molar-refractivity contribution is 0.112. The van der Waals surface area contributed by atoms with Gasteiger partial charge < -0.3 is 21.3 Å². The summed E-state index contributed by atoms with van der Waals surface area (Å²) in [5, 5.41) is 7.45. The normalized spacial score (nSPS) is 13.2. The summed E-state index contributed by atoms with van der Waals surface area (Å²) in [6, 6.07) is 17.8. The number of halogens is 1. The molecule has 0 amide bonds. The first kappa shape index (κ1) is 26.2. The fraction of sp³-hybridized carbons (Fsp3) is 0.276. The van der Waals surface area contributed by atoms with Crippen LogP contribution in [0.2, 0.25) is 0 Å². The number of benzene rings is 2. The van der Waals surface area contributed by atoms with Crippen LogP contribution in [0.1, 0.15) is 28.8 Å². The number of nitrogens with zero attached hydrogens (tertiary/aromatic N) is 3. The van der Waals surface area contributed by atoms with Crippen LogP contribution in [0.4, 0.5) is 15.9 Å². The molecular weight excluding hydrogens is 467 g/mol. The number of anilines is 2. The number of rotatable bonds is 8. The number of carbonyl (C=O) groups excluding carboxylic acids is 1. The third kappa shape index (κ3) is 7.09. The number of pyridine rings is 2. The molecule has 1 saturated heterocycles. The van der Waals surface area contributed by atoms with E-state index in [1.807, 2.05) is 31.3 Å². The second-order valence-corrected chi connectivity index (χ2v) is 9.02. The smallest absolute Gasteiger partial charge is 0.152 e. The largest absolute Gasteiger partial charge is 0.396 e. The van der Waals surface area contributed by atoms with Crippen LogP contribution >= 0.6 is 0 Å². The monoisotopic (exact) mass is 500 g/mol. The molecule has 2 aromatic heterocycles. The molecule has 1 aliphatic heterocycles. The number of likely N-dealkylation sites (tertiary alicyclic amines) is 1. The van der Waals surface area contributed by atoms with Gasteiger partial charge in [-0.3, -0.25) is 9.78 Å². The molecule has 1 aliphatic rings. The second kappa shape index (κ2) is 12.9. The van der Waals surface area contributed by atoms with Gasteiger partial charge in [0.1, 0.15) is 11.6 Å². The zero-order chi connectivity index (χ0) is 26.0. The summed E-state index contributed by atoms with van der Waals surface area (Å²) < 4.78 is 13.9. The van der Waals surface area contributed by atoms with Crippen molar-refractivity contribution in [2.24, 2.45) is 0 Å². The number of hydrogen-bond donors (Lipinski definition) is 3. The summed E-state index contributed by atoms with van der Waals surface area (Å²) in [5.74, 6) is -0.0611. The predicted octanol–water partition coefficient (Wildman–Crippen LogP) is 4.74. The maximum Gasteiger partial charge on any atom is 0.152 e. The van der Waals surface area contributed by atoms with E-state index in [0.717, 1.165) is 23.0 Å². The van der Waals surface area contributed by atoms with E-state index in [2.05, 4.69) is 31.6 Å². The number of nitrogens with two attached hydrogens (primary N) is 1. The van der Waals surface area contributed by atoms with Gasteiger partial charge in [-0.05, 0) is 81.0 Å². The molecule has 0 saturated carbocycles. The topological polar surface area (TPSA) is 96.2 Å². The number of fused-ring (bicyclic) bond motifs is 1. The summed E-state index contributed by atoms with van der Waals surface area (Å²) in [5.41, 5.74) is 9.69. The van der Waals surface area contributed by atoms with Gasteiger partial charge in [0, 0.05) is 36.8 Å². The van der Waals surface area contributed by atoms with E-state index < -0.39 is 5.82 Å². The number of carbonyl (C=O) groups is 1. The Hall–Kier alpha value is -3.88. The molecule has 4 aromatic rings. The molecule has 4 N–H and O–H groups in total. The summed E-state index contributed by atoms with van der Waals surface area (Å²) in [4.78, 5) is 22.1. The molecule has 0 spiro atoms. The first-order valence-electron chi connectivity index (χ1n) is 12.5. The standard InChI is InChI=1S/C22H17FN4O.C7H16N2/c23-18-11-16(4-5-17(18)13-28)21-8-6-19(24)22(27-21)26-12-14-3-7-20-15(10-14)2-1-9-25-20;1-8-4-7-9-5-2-3-6-9/h1-11,13H,12,24H2,(H,26,27);8H,2-7H2,1H3. The van der Waals surface area contributed by atoms with E-state index in [4.69, 9.17) is 5.73 Å². The van der Waals surface area contributed by atoms with Gasteiger partial charge in [-0.15, -0.1) is 0 Å². The fourth-order valence-corrected chi connectivity index (χ4v) is 4.25. The maximum absolute atomic E-state index is 13.9. The van der Waals surface area contributed by atoms with E-state index in [9.17, 15) is 9.18 Å². The number of nitrogen functional groups attached to an aromatic ring is 1. The molecule has 0 unspecified atom stereocenters. The Morgan fingerprint density at radius 3 is 2.68 bits per heavy atom. The number of aromatic nitrogens is 2. The van der Waals surface area contributed by atoms with Gasteiger partial charge >= 0.3 is 0 Å². The average molecular weight is 501 g/mol. The van der Waals surface area contributed by atoms with E-state index >= 15 is 0 Å². The van der Waals surface area contributed by atoms with Gasteiger partial charge in [0.15, 0.2) is 6.29 Å². The molecular formula is C29H33FN6O. The summed E-state index contributed by atoms with van der Waals surface area (Å²) in [6.45, 7) is 5.55. The van der Waals surface area contributed by atoms with Crippen molar-refractivity contribution in [2.75, 3.05) is 44.3 Å². The molecule has 1 fully saturated rings. The van der Waals surface area contributed by atoms with Crippen molar-refractivity contribution in [1.82, 2.24) is 20.2 Å². The van der Waals surface area contributed by atoms with Crippen LogP contribution in [0.15, 0.2) is 66.9 Å². The van der Waals surface area contributed by atoms with Crippen LogP contribution in [0.3, 0.4) is 0 Å². The van der Waals surface area contributed by atoms with Gasteiger partial charge in [-0.25, -0.2) is 9.37 Å². The number of nitrogens with one attached hydrogen (secondary N) is 2. The number of likely N-dealkylation sites (N-methyl/N-ethyl adjacent to an activating group) is 1. The average Bonchev–Trinajstić information content (AvgIpc) is 3.45. The zero-order valence-electron chi connectivity index (χ0n) is 21.1. The molecule has 0 aliphatic carbocycles. The lowest BCUT2D eigenvalue weighted by Crippen LogP contribution is -2.27. The Morgan fingerprint density at radius 2 is 1.92 bits per heavy atom. The molecule has 0 bridgehead atoms. The lowest BCUT2D eigenvalue weighted by Gasteiger charge is -2.12. The molecule has 192 valence electrons. The minimum atomic E-state index is -0.578. The Kier molecular flexibility index (Phi) is 9.13. The van der Waals surface area contributed by atoms with Crippen molar-refractivity contribution >= 4 is 28.7 Å². The van der Waals surface area contributed by atoms with E-state index in [1.54, 1.807) is 24.4 Å². The Morgan fingerprint density at radius 1 is 1.08 bits per heavy atom. The molecule has 5 rings (SSSR count). The van der Waals surface area contributed by atoms with Crippen LogP contribution in [0.5, 0.6) is 0 Å². The Bertz CT molecular complexity index is 1340. The Balaban J connectivity index is 0.000000301. The quantitative estimate of drug-likeness (QED) is 0.301. The van der Waals surface area contributed by atoms with Crippen molar-refractivity contribution in [3.8, 4) is 11.3 Å². The van der Waals surface area contributed by atoms with Gasteiger partial charge in [-0.2, -0.15) is 0 Å². The van der Waals surface area contributed by atoms with Crippen molar-refractivity contribution in [2.45, 2.75) is 19.4 Å². The fourth-order valence-electron chi connectivity index (χ4n) is 4.25. The summed E-state index contributed by atoms with van der Waals surface area (Å²) in [6.07, 6.45) is 5.07. The predicted molar refractivity (Wildman–Crippen MR) is 148 cm³/mol. The van der Waals surface area contributed by atoms with Gasteiger partial charge in [0.2, 0.25) is 0 Å². The SMILES string of the molecule is CNCCN1CCCC1.Nc1ccc(-c2ccc(C=O)c(F)c2)nc1NCc1ccc2ncccc2c1. The van der Waals surface area contributed by atoms with Crippen molar-refractivity contribution in [1.29, 1.82) is 0 Å². The van der Waals surface area contributed by atoms with Crippen LogP contribution < -0.4 is 16.4 Å². The minimum Gasteiger partial charge on any atom is -0.396 e. The zero-order valence-corrected chi connectivity index (χ0v) is 21.1. The first-order chi connectivity index (χ1) is 18.1. The van der Waals surface area contributed by atoms with E-state index in [1.165, 1.54) is 44.6 Å². The van der Waals surface area contributed by atoms with Gasteiger partial charge in [0.05, 0.1) is 22.5 Å². The second-order valence-electron chi connectivity index (χ2n) is 9.02. The molecule has 37 heavy (non-hydrogen) atoms. The summed E-state index contributed by atoms with van der Waals surface area (Å²) >= 11 is 0.